The van der Waals surface area contributed by atoms with Gasteiger partial charge in [0.2, 0.25) is 0 Å². The van der Waals surface area contributed by atoms with E-state index < -0.39 is 5.76 Å². The normalized spacial score (nSPS) is 12.3. The zero-order valence-electron chi connectivity index (χ0n) is 12.7. The fraction of sp³-hybridized carbons (Fsp3) is 0.438. The number of para-hydroxylation sites is 1. The van der Waals surface area contributed by atoms with Crippen molar-refractivity contribution < 1.29 is 13.9 Å². The molecule has 0 bridgehead atoms. The zero-order valence-corrected chi connectivity index (χ0v) is 12.7. The van der Waals surface area contributed by atoms with Gasteiger partial charge in [0.05, 0.1) is 11.5 Å². The van der Waals surface area contributed by atoms with E-state index in [1.165, 1.54) is 6.92 Å². The summed E-state index contributed by atoms with van der Waals surface area (Å²) in [5.74, 6) is -0.948. The molecular weight excluding hydrogens is 286 g/mol. The highest BCUT2D eigenvalue weighted by molar-refractivity contribution is 5.74. The van der Waals surface area contributed by atoms with Crippen LogP contribution in [0.15, 0.2) is 38.3 Å². The van der Waals surface area contributed by atoms with Gasteiger partial charge in [0.15, 0.2) is 0 Å². The number of aromatic nitrogens is 1. The van der Waals surface area contributed by atoms with Crippen molar-refractivity contribution in [3.63, 3.8) is 0 Å². The number of unbranched alkanes of at least 4 members (excludes halogenated alkanes) is 1. The molecule has 1 aromatic heterocycles. The van der Waals surface area contributed by atoms with Crippen molar-refractivity contribution in [2.45, 2.75) is 45.8 Å². The maximum Gasteiger partial charge on any atom is 0.422 e. The van der Waals surface area contributed by atoms with Crippen LogP contribution in [0.25, 0.3) is 11.0 Å². The van der Waals surface area contributed by atoms with Crippen LogP contribution in [0.3, 0.4) is 0 Å². The maximum atomic E-state index is 12.3. The number of nitrogens with zero attached hydrogens (tertiary/aromatic N) is 1. The van der Waals surface area contributed by atoms with E-state index in [-0.39, 0.29) is 17.6 Å². The summed E-state index contributed by atoms with van der Waals surface area (Å²) in [6.07, 6.45) is 1.90. The molecule has 0 fully saturated rings. The second kappa shape index (κ2) is 7.06. The summed E-state index contributed by atoms with van der Waals surface area (Å²) < 4.78 is 11.3. The van der Waals surface area contributed by atoms with E-state index in [0.717, 1.165) is 11.0 Å². The van der Waals surface area contributed by atoms with Crippen molar-refractivity contribution in [3.05, 3.63) is 45.2 Å². The minimum atomic E-state index is -0.642. The Bertz CT molecular complexity index is 774. The van der Waals surface area contributed by atoms with E-state index in [2.05, 4.69) is 0 Å². The second-order valence-electron chi connectivity index (χ2n) is 5.24. The fourth-order valence-electron chi connectivity index (χ4n) is 2.35. The summed E-state index contributed by atoms with van der Waals surface area (Å²) in [7, 11) is 0. The van der Waals surface area contributed by atoms with Crippen LogP contribution in [0.4, 0.5) is 0 Å². The fourth-order valence-corrected chi connectivity index (χ4v) is 2.35. The number of esters is 1. The molecule has 1 heterocycles. The van der Waals surface area contributed by atoms with E-state index >= 15 is 0 Å². The maximum absolute atomic E-state index is 12.3. The van der Waals surface area contributed by atoms with Crippen LogP contribution in [0.5, 0.6) is 0 Å². The predicted molar refractivity (Wildman–Crippen MR) is 81.8 cm³/mol. The molecule has 118 valence electrons. The van der Waals surface area contributed by atoms with Crippen LogP contribution in [0.2, 0.25) is 0 Å². The van der Waals surface area contributed by atoms with Crippen molar-refractivity contribution in [1.82, 2.24) is 4.57 Å². The molecule has 6 nitrogen and oxygen atoms in total. The minimum Gasteiger partial charge on any atom is -0.463 e. The topological polar surface area (TPSA) is 78.5 Å². The lowest BCUT2D eigenvalue weighted by atomic mass is 10.1. The van der Waals surface area contributed by atoms with Crippen LogP contribution in [-0.4, -0.2) is 16.6 Å². The molecule has 0 radical (unpaired) electrons. The highest BCUT2D eigenvalue weighted by Crippen LogP contribution is 2.08. The molecule has 1 aromatic carbocycles. The van der Waals surface area contributed by atoms with Crippen molar-refractivity contribution in [1.29, 1.82) is 0 Å². The van der Waals surface area contributed by atoms with Crippen molar-refractivity contribution in [2.75, 3.05) is 0 Å². The first-order valence-corrected chi connectivity index (χ1v) is 7.29. The number of ether oxygens (including phenoxy) is 1. The zero-order chi connectivity index (χ0) is 16.1. The molecule has 0 amide bonds. The predicted octanol–water partition coefficient (Wildman–Crippen LogP) is 2.08. The first-order chi connectivity index (χ1) is 10.5. The number of hydrogen-bond acceptors (Lipinski definition) is 5. The third kappa shape index (κ3) is 3.84. The molecule has 0 saturated heterocycles. The van der Waals surface area contributed by atoms with Crippen LogP contribution in [0, 0.1) is 0 Å². The molecule has 22 heavy (non-hydrogen) atoms. The average molecular weight is 305 g/mol. The summed E-state index contributed by atoms with van der Waals surface area (Å²) in [5, 5.41) is 0.399. The quantitative estimate of drug-likeness (QED) is 0.603. The van der Waals surface area contributed by atoms with E-state index in [0.29, 0.717) is 30.4 Å². The van der Waals surface area contributed by atoms with E-state index in [9.17, 15) is 14.4 Å². The molecule has 0 aliphatic heterocycles. The smallest absolute Gasteiger partial charge is 0.422 e. The molecule has 1 atom stereocenters. The van der Waals surface area contributed by atoms with Gasteiger partial charge in [0, 0.05) is 13.5 Å². The first kappa shape index (κ1) is 16.0. The van der Waals surface area contributed by atoms with Gasteiger partial charge in [-0.05, 0) is 38.3 Å². The van der Waals surface area contributed by atoms with Crippen molar-refractivity contribution in [3.8, 4) is 0 Å². The van der Waals surface area contributed by atoms with Gasteiger partial charge in [-0.3, -0.25) is 9.59 Å². The minimum absolute atomic E-state index is 0.165. The SMILES string of the molecule is CC(=O)OC(C)CCCCn1c(=O)oc2ccccc2c1=O. The van der Waals surface area contributed by atoms with Crippen LogP contribution < -0.4 is 11.3 Å². The Kier molecular flexibility index (Phi) is 5.14. The third-order valence-electron chi connectivity index (χ3n) is 3.39. The summed E-state index contributed by atoms with van der Waals surface area (Å²) in [4.78, 5) is 34.9. The molecule has 2 rings (SSSR count). The largest absolute Gasteiger partial charge is 0.463 e. The number of carbonyl (C=O) groups excluding carboxylic acids is 1. The molecule has 0 aliphatic rings. The molecule has 0 spiro atoms. The molecule has 0 N–H and O–H groups in total. The van der Waals surface area contributed by atoms with E-state index in [1.54, 1.807) is 24.3 Å². The summed E-state index contributed by atoms with van der Waals surface area (Å²) in [6.45, 7) is 3.48. The summed E-state index contributed by atoms with van der Waals surface area (Å²) in [6, 6.07) is 6.68. The van der Waals surface area contributed by atoms with Gasteiger partial charge < -0.3 is 9.15 Å². The lowest BCUT2D eigenvalue weighted by Crippen LogP contribution is -2.32. The van der Waals surface area contributed by atoms with E-state index in [1.807, 2.05) is 6.92 Å². The first-order valence-electron chi connectivity index (χ1n) is 7.29. The van der Waals surface area contributed by atoms with Crippen LogP contribution in [-0.2, 0) is 16.1 Å². The van der Waals surface area contributed by atoms with Gasteiger partial charge in [0.1, 0.15) is 5.58 Å². The number of benzene rings is 1. The van der Waals surface area contributed by atoms with Gasteiger partial charge in [-0.2, -0.15) is 0 Å². The summed E-state index contributed by atoms with van der Waals surface area (Å²) in [5.41, 5.74) is -0.0304. The Morgan fingerprint density at radius 2 is 2.00 bits per heavy atom. The van der Waals surface area contributed by atoms with Gasteiger partial charge in [0.25, 0.3) is 5.56 Å². The lowest BCUT2D eigenvalue weighted by molar-refractivity contribution is -0.145. The number of carbonyl (C=O) groups is 1. The summed E-state index contributed by atoms with van der Waals surface area (Å²) >= 11 is 0. The molecular formula is C16H19NO5. The highest BCUT2D eigenvalue weighted by Gasteiger charge is 2.09. The van der Waals surface area contributed by atoms with E-state index in [4.69, 9.17) is 9.15 Å². The molecule has 0 saturated carbocycles. The van der Waals surface area contributed by atoms with Gasteiger partial charge in [-0.15, -0.1) is 0 Å². The van der Waals surface area contributed by atoms with Crippen molar-refractivity contribution >= 4 is 16.9 Å². The molecule has 6 heteroatoms. The third-order valence-corrected chi connectivity index (χ3v) is 3.39. The highest BCUT2D eigenvalue weighted by atomic mass is 16.5. The van der Waals surface area contributed by atoms with Crippen LogP contribution >= 0.6 is 0 Å². The molecule has 2 aromatic rings. The van der Waals surface area contributed by atoms with Gasteiger partial charge >= 0.3 is 11.7 Å². The second-order valence-corrected chi connectivity index (χ2v) is 5.24. The Morgan fingerprint density at radius 3 is 2.73 bits per heavy atom. The Hall–Kier alpha value is -2.37. The number of hydrogen-bond donors (Lipinski definition) is 0. The monoisotopic (exact) mass is 305 g/mol. The Morgan fingerprint density at radius 1 is 1.27 bits per heavy atom. The molecule has 1 unspecified atom stereocenters. The molecule has 0 aliphatic carbocycles. The standard InChI is InChI=1S/C16H19NO5/c1-11(21-12(2)18)7-5-6-10-17-15(19)13-8-3-4-9-14(13)22-16(17)20/h3-4,8-9,11H,5-7,10H2,1-2H3. The lowest BCUT2D eigenvalue weighted by Gasteiger charge is -2.11. The Labute approximate surface area is 127 Å². The van der Waals surface area contributed by atoms with Crippen LogP contribution in [0.1, 0.15) is 33.1 Å². The van der Waals surface area contributed by atoms with Gasteiger partial charge in [-0.1, -0.05) is 12.1 Å². The average Bonchev–Trinajstić information content (AvgIpc) is 2.45. The number of rotatable bonds is 6. The Balaban J connectivity index is 2.02. The van der Waals surface area contributed by atoms with Gasteiger partial charge in [-0.25, -0.2) is 9.36 Å². The van der Waals surface area contributed by atoms with Crippen molar-refractivity contribution in [2.24, 2.45) is 0 Å². The number of fused-ring (bicyclic) bond motifs is 1.